The molecular formula is C14H20Cl2N2O2S. The molecule has 0 saturated carbocycles. The monoisotopic (exact) mass is 350 g/mol. The van der Waals surface area contributed by atoms with E-state index in [1.807, 2.05) is 0 Å². The number of piperazine rings is 1. The van der Waals surface area contributed by atoms with Gasteiger partial charge in [-0.15, -0.1) is 11.6 Å². The Hall–Kier alpha value is -0.330. The van der Waals surface area contributed by atoms with Gasteiger partial charge in [-0.2, -0.15) is 4.31 Å². The second kappa shape index (κ2) is 6.84. The topological polar surface area (TPSA) is 40.6 Å². The molecule has 1 saturated heterocycles. The van der Waals surface area contributed by atoms with Gasteiger partial charge in [0, 0.05) is 43.1 Å². The molecule has 1 aliphatic rings. The van der Waals surface area contributed by atoms with E-state index in [0.717, 1.165) is 18.7 Å². The zero-order valence-electron chi connectivity index (χ0n) is 12.2. The Morgan fingerprint density at radius 1 is 1.19 bits per heavy atom. The van der Waals surface area contributed by atoms with E-state index in [4.69, 9.17) is 23.2 Å². The van der Waals surface area contributed by atoms with E-state index in [1.54, 1.807) is 12.1 Å². The van der Waals surface area contributed by atoms with Crippen LogP contribution in [0.5, 0.6) is 0 Å². The maximum absolute atomic E-state index is 12.6. The first-order valence-electron chi connectivity index (χ1n) is 6.95. The number of nitrogens with zero attached hydrogens (tertiary/aromatic N) is 2. The SMILES string of the molecule is CC(C)N1CCN(S(=O)(=O)c2ccc(CCl)c(Cl)c2)CC1. The highest BCUT2D eigenvalue weighted by Crippen LogP contribution is 2.25. The van der Waals surface area contributed by atoms with Crippen LogP contribution in [0.15, 0.2) is 23.1 Å². The van der Waals surface area contributed by atoms with Gasteiger partial charge < -0.3 is 0 Å². The summed E-state index contributed by atoms with van der Waals surface area (Å²) in [6, 6.07) is 5.18. The summed E-state index contributed by atoms with van der Waals surface area (Å²) in [4.78, 5) is 2.51. The molecule has 2 rings (SSSR count). The molecule has 0 bridgehead atoms. The molecule has 0 unspecified atom stereocenters. The molecule has 0 spiro atoms. The van der Waals surface area contributed by atoms with Gasteiger partial charge in [0.15, 0.2) is 0 Å². The van der Waals surface area contributed by atoms with Crippen molar-refractivity contribution in [1.29, 1.82) is 0 Å². The quantitative estimate of drug-likeness (QED) is 0.784. The molecule has 0 N–H and O–H groups in total. The second-order valence-corrected chi connectivity index (χ2v) is 8.03. The Bertz CT molecular complexity index is 597. The molecule has 21 heavy (non-hydrogen) atoms. The average Bonchev–Trinajstić information content (AvgIpc) is 2.47. The largest absolute Gasteiger partial charge is 0.298 e. The molecule has 0 atom stereocenters. The molecule has 1 fully saturated rings. The van der Waals surface area contributed by atoms with Crippen LogP contribution >= 0.6 is 23.2 Å². The lowest BCUT2D eigenvalue weighted by Gasteiger charge is -2.36. The molecule has 0 amide bonds. The number of alkyl halides is 1. The van der Waals surface area contributed by atoms with Crippen molar-refractivity contribution < 1.29 is 8.42 Å². The fourth-order valence-corrected chi connectivity index (χ4v) is 4.47. The maximum atomic E-state index is 12.6. The highest BCUT2D eigenvalue weighted by atomic mass is 35.5. The van der Waals surface area contributed by atoms with Gasteiger partial charge in [-0.05, 0) is 31.5 Å². The van der Waals surface area contributed by atoms with Crippen LogP contribution in [0.3, 0.4) is 0 Å². The number of benzene rings is 1. The zero-order valence-corrected chi connectivity index (χ0v) is 14.5. The van der Waals surface area contributed by atoms with Crippen LogP contribution < -0.4 is 0 Å². The van der Waals surface area contributed by atoms with Crippen LogP contribution in [-0.2, 0) is 15.9 Å². The number of hydrogen-bond donors (Lipinski definition) is 0. The molecule has 0 aliphatic carbocycles. The molecule has 118 valence electrons. The van der Waals surface area contributed by atoms with Crippen LogP contribution in [-0.4, -0.2) is 49.8 Å². The fraction of sp³-hybridized carbons (Fsp3) is 0.571. The van der Waals surface area contributed by atoms with E-state index in [1.165, 1.54) is 10.4 Å². The number of halogens is 2. The molecule has 1 aromatic carbocycles. The maximum Gasteiger partial charge on any atom is 0.243 e. The Morgan fingerprint density at radius 2 is 1.81 bits per heavy atom. The van der Waals surface area contributed by atoms with Crippen molar-refractivity contribution in [2.45, 2.75) is 30.7 Å². The smallest absolute Gasteiger partial charge is 0.243 e. The van der Waals surface area contributed by atoms with Crippen molar-refractivity contribution in [2.24, 2.45) is 0 Å². The molecule has 1 heterocycles. The third-order valence-electron chi connectivity index (χ3n) is 3.81. The van der Waals surface area contributed by atoms with Gasteiger partial charge in [-0.25, -0.2) is 8.42 Å². The minimum atomic E-state index is -3.48. The first-order valence-corrected chi connectivity index (χ1v) is 9.30. The fourth-order valence-electron chi connectivity index (χ4n) is 2.41. The molecule has 0 radical (unpaired) electrons. The summed E-state index contributed by atoms with van der Waals surface area (Å²) in [5, 5.41) is 0.395. The van der Waals surface area contributed by atoms with Crippen LogP contribution in [0.1, 0.15) is 19.4 Å². The third-order valence-corrected chi connectivity index (χ3v) is 6.34. The summed E-state index contributed by atoms with van der Waals surface area (Å²) in [6.07, 6.45) is 0. The van der Waals surface area contributed by atoms with Gasteiger partial charge >= 0.3 is 0 Å². The van der Waals surface area contributed by atoms with E-state index in [-0.39, 0.29) is 10.8 Å². The van der Waals surface area contributed by atoms with E-state index >= 15 is 0 Å². The van der Waals surface area contributed by atoms with E-state index in [0.29, 0.717) is 24.2 Å². The van der Waals surface area contributed by atoms with Gasteiger partial charge in [-0.1, -0.05) is 17.7 Å². The number of rotatable bonds is 4. The van der Waals surface area contributed by atoms with Gasteiger partial charge in [0.25, 0.3) is 0 Å². The van der Waals surface area contributed by atoms with Gasteiger partial charge in [0.2, 0.25) is 10.0 Å². The highest BCUT2D eigenvalue weighted by Gasteiger charge is 2.29. The zero-order chi connectivity index (χ0) is 15.6. The Kier molecular flexibility index (Phi) is 5.54. The summed E-state index contributed by atoms with van der Waals surface area (Å²) < 4.78 is 26.8. The highest BCUT2D eigenvalue weighted by molar-refractivity contribution is 7.89. The summed E-state index contributed by atoms with van der Waals surface area (Å²) in [7, 11) is -3.48. The lowest BCUT2D eigenvalue weighted by molar-refractivity contribution is 0.154. The number of sulfonamides is 1. The second-order valence-electron chi connectivity index (χ2n) is 5.42. The van der Waals surface area contributed by atoms with Crippen molar-refractivity contribution >= 4 is 33.2 Å². The lowest BCUT2D eigenvalue weighted by Crippen LogP contribution is -2.50. The van der Waals surface area contributed by atoms with Crippen LogP contribution in [0.2, 0.25) is 5.02 Å². The first-order chi connectivity index (χ1) is 9.86. The number of hydrogen-bond acceptors (Lipinski definition) is 3. The first kappa shape index (κ1) is 17.0. The van der Waals surface area contributed by atoms with Crippen molar-refractivity contribution in [3.63, 3.8) is 0 Å². The van der Waals surface area contributed by atoms with Gasteiger partial charge in [0.1, 0.15) is 0 Å². The van der Waals surface area contributed by atoms with Gasteiger partial charge in [0.05, 0.1) is 4.90 Å². The molecule has 1 aromatic rings. The predicted octanol–water partition coefficient (Wildman–Crippen LogP) is 2.79. The minimum Gasteiger partial charge on any atom is -0.298 e. The summed E-state index contributed by atoms with van der Waals surface area (Å²) >= 11 is 11.8. The van der Waals surface area contributed by atoms with Crippen LogP contribution in [0.4, 0.5) is 0 Å². The van der Waals surface area contributed by atoms with Crippen molar-refractivity contribution in [3.05, 3.63) is 28.8 Å². The van der Waals surface area contributed by atoms with Crippen molar-refractivity contribution in [3.8, 4) is 0 Å². The summed E-state index contributed by atoms with van der Waals surface area (Å²) in [5.41, 5.74) is 0.738. The third kappa shape index (κ3) is 3.71. The molecule has 4 nitrogen and oxygen atoms in total. The average molecular weight is 351 g/mol. The van der Waals surface area contributed by atoms with Crippen molar-refractivity contribution in [2.75, 3.05) is 26.2 Å². The molecular weight excluding hydrogens is 331 g/mol. The van der Waals surface area contributed by atoms with Gasteiger partial charge in [-0.3, -0.25) is 4.90 Å². The minimum absolute atomic E-state index is 0.236. The van der Waals surface area contributed by atoms with E-state index in [2.05, 4.69) is 18.7 Å². The van der Waals surface area contributed by atoms with Crippen LogP contribution in [0.25, 0.3) is 0 Å². The predicted molar refractivity (Wildman–Crippen MR) is 86.5 cm³/mol. The Balaban J connectivity index is 2.17. The van der Waals surface area contributed by atoms with Crippen LogP contribution in [0, 0.1) is 0 Å². The Morgan fingerprint density at radius 3 is 2.29 bits per heavy atom. The summed E-state index contributed by atoms with van der Waals surface area (Å²) in [6.45, 7) is 6.77. The van der Waals surface area contributed by atoms with E-state index < -0.39 is 10.0 Å². The molecule has 0 aromatic heterocycles. The Labute approximate surface area is 136 Å². The molecule has 1 aliphatic heterocycles. The van der Waals surface area contributed by atoms with E-state index in [9.17, 15) is 8.42 Å². The normalized spacial score (nSPS) is 18.3. The molecule has 7 heteroatoms. The standard InChI is InChI=1S/C14H20Cl2N2O2S/c1-11(2)17-5-7-18(8-6-17)21(19,20)13-4-3-12(10-15)14(16)9-13/h3-4,9,11H,5-8,10H2,1-2H3. The summed E-state index contributed by atoms with van der Waals surface area (Å²) in [5.74, 6) is 0.270. The lowest BCUT2D eigenvalue weighted by atomic mass is 10.2. The van der Waals surface area contributed by atoms with Crippen molar-refractivity contribution in [1.82, 2.24) is 9.21 Å².